The van der Waals surface area contributed by atoms with Gasteiger partial charge in [-0.05, 0) is 60.7 Å². The first kappa shape index (κ1) is 22.9. The highest BCUT2D eigenvalue weighted by atomic mass is 35.5. The highest BCUT2D eigenvalue weighted by Crippen LogP contribution is 2.30. The summed E-state index contributed by atoms with van der Waals surface area (Å²) in [5.41, 5.74) is 0.496. The second kappa shape index (κ2) is 9.13. The summed E-state index contributed by atoms with van der Waals surface area (Å²) < 4.78 is 45.4. The van der Waals surface area contributed by atoms with E-state index in [0.29, 0.717) is 16.5 Å². The van der Waals surface area contributed by atoms with Gasteiger partial charge in [0.1, 0.15) is 11.6 Å². The number of ether oxygens (including phenoxy) is 1. The van der Waals surface area contributed by atoms with E-state index in [4.69, 9.17) is 27.9 Å². The molecule has 0 aliphatic heterocycles. The number of hydrogen-bond donors (Lipinski definition) is 1. The first-order valence-corrected chi connectivity index (χ1v) is 11.0. The van der Waals surface area contributed by atoms with Crippen LogP contribution in [0.2, 0.25) is 10.0 Å². The van der Waals surface area contributed by atoms with E-state index >= 15 is 0 Å². The van der Waals surface area contributed by atoms with Crippen LogP contribution in [-0.2, 0) is 10.0 Å². The summed E-state index contributed by atoms with van der Waals surface area (Å²) >= 11 is 12.1. The third-order valence-electron chi connectivity index (χ3n) is 4.44. The van der Waals surface area contributed by atoms with Crippen molar-refractivity contribution >= 4 is 50.5 Å². The van der Waals surface area contributed by atoms with E-state index in [9.17, 15) is 17.6 Å². The smallest absolute Gasteiger partial charge is 0.264 e. The Kier molecular flexibility index (Phi) is 6.74. The van der Waals surface area contributed by atoms with Crippen molar-refractivity contribution in [2.24, 2.45) is 0 Å². The van der Waals surface area contributed by atoms with Gasteiger partial charge in [-0.25, -0.2) is 12.8 Å². The second-order valence-corrected chi connectivity index (χ2v) is 9.20. The number of carbonyl (C=O) groups is 1. The Hall–Kier alpha value is -2.81. The molecule has 1 N–H and O–H groups in total. The minimum Gasteiger partial charge on any atom is -0.495 e. The van der Waals surface area contributed by atoms with Crippen LogP contribution in [0.25, 0.3) is 0 Å². The molecule has 0 aromatic heterocycles. The number of nitrogens with one attached hydrogen (secondary N) is 1. The number of sulfonamides is 1. The third kappa shape index (κ3) is 4.92. The van der Waals surface area contributed by atoms with Crippen molar-refractivity contribution < 1.29 is 22.3 Å². The Morgan fingerprint density at radius 2 is 1.71 bits per heavy atom. The van der Waals surface area contributed by atoms with Crippen molar-refractivity contribution in [2.75, 3.05) is 23.8 Å². The Morgan fingerprint density at radius 1 is 1.03 bits per heavy atom. The highest BCUT2D eigenvalue weighted by molar-refractivity contribution is 7.92. The number of hydrogen-bond acceptors (Lipinski definition) is 4. The van der Waals surface area contributed by atoms with Crippen LogP contribution in [0.5, 0.6) is 5.75 Å². The van der Waals surface area contributed by atoms with E-state index in [1.807, 2.05) is 0 Å². The minimum atomic E-state index is -4.04. The molecule has 0 aliphatic carbocycles. The predicted octanol–water partition coefficient (Wildman–Crippen LogP) is 5.22. The van der Waals surface area contributed by atoms with Crippen LogP contribution in [0.4, 0.5) is 15.8 Å². The molecule has 0 heterocycles. The van der Waals surface area contributed by atoms with Crippen LogP contribution >= 0.6 is 23.2 Å². The molecular formula is C21H17Cl2FN2O4S. The van der Waals surface area contributed by atoms with Gasteiger partial charge in [-0.3, -0.25) is 9.10 Å². The summed E-state index contributed by atoms with van der Waals surface area (Å²) in [7, 11) is -1.28. The number of benzene rings is 3. The van der Waals surface area contributed by atoms with E-state index < -0.39 is 21.7 Å². The lowest BCUT2D eigenvalue weighted by Crippen LogP contribution is -2.27. The Morgan fingerprint density at radius 3 is 2.35 bits per heavy atom. The summed E-state index contributed by atoms with van der Waals surface area (Å²) in [6.07, 6.45) is 0. The summed E-state index contributed by atoms with van der Waals surface area (Å²) in [6.45, 7) is 0. The SMILES string of the molecule is COc1ccc(Cl)cc1NC(=O)c1cc(S(=O)(=O)N(C)c2ccc(F)cc2)ccc1Cl. The molecule has 0 saturated heterocycles. The zero-order chi connectivity index (χ0) is 22.8. The second-order valence-electron chi connectivity index (χ2n) is 6.39. The Balaban J connectivity index is 1.95. The molecule has 3 aromatic carbocycles. The highest BCUT2D eigenvalue weighted by Gasteiger charge is 2.24. The molecule has 0 spiro atoms. The van der Waals surface area contributed by atoms with Crippen LogP contribution in [0.1, 0.15) is 10.4 Å². The van der Waals surface area contributed by atoms with E-state index in [-0.39, 0.29) is 21.2 Å². The number of rotatable bonds is 6. The van der Waals surface area contributed by atoms with Gasteiger partial charge in [0.2, 0.25) is 0 Å². The lowest BCUT2D eigenvalue weighted by atomic mass is 10.2. The fourth-order valence-electron chi connectivity index (χ4n) is 2.75. The van der Waals surface area contributed by atoms with Crippen molar-refractivity contribution in [1.29, 1.82) is 0 Å². The molecule has 0 aliphatic rings. The van der Waals surface area contributed by atoms with E-state index in [1.54, 1.807) is 12.1 Å². The van der Waals surface area contributed by atoms with E-state index in [1.165, 1.54) is 50.6 Å². The molecule has 0 fully saturated rings. The van der Waals surface area contributed by atoms with Crippen LogP contribution in [0.15, 0.2) is 65.6 Å². The van der Waals surface area contributed by atoms with Crippen molar-refractivity contribution in [3.63, 3.8) is 0 Å². The molecule has 0 bridgehead atoms. The molecule has 0 atom stereocenters. The molecule has 0 saturated carbocycles. The summed E-state index contributed by atoms with van der Waals surface area (Å²) in [6, 6.07) is 13.4. The molecule has 3 rings (SSSR count). The topological polar surface area (TPSA) is 75.7 Å². The molecule has 3 aromatic rings. The maximum Gasteiger partial charge on any atom is 0.264 e. The van der Waals surface area contributed by atoms with Gasteiger partial charge >= 0.3 is 0 Å². The van der Waals surface area contributed by atoms with Crippen molar-refractivity contribution in [3.8, 4) is 5.75 Å². The van der Waals surface area contributed by atoms with Crippen molar-refractivity contribution in [3.05, 3.63) is 82.1 Å². The maximum atomic E-state index is 13.2. The number of carbonyl (C=O) groups excluding carboxylic acids is 1. The summed E-state index contributed by atoms with van der Waals surface area (Å²) in [4.78, 5) is 12.7. The average molecular weight is 483 g/mol. The lowest BCUT2D eigenvalue weighted by molar-refractivity contribution is 0.102. The van der Waals surface area contributed by atoms with Gasteiger partial charge < -0.3 is 10.1 Å². The molecular weight excluding hydrogens is 466 g/mol. The lowest BCUT2D eigenvalue weighted by Gasteiger charge is -2.20. The molecule has 6 nitrogen and oxygen atoms in total. The molecule has 31 heavy (non-hydrogen) atoms. The first-order valence-electron chi connectivity index (χ1n) is 8.82. The molecule has 10 heteroatoms. The molecule has 1 amide bonds. The van der Waals surface area contributed by atoms with Crippen molar-refractivity contribution in [1.82, 2.24) is 0 Å². The van der Waals surface area contributed by atoms with Gasteiger partial charge in [-0.15, -0.1) is 0 Å². The standard InChI is InChI=1S/C21H17Cl2FN2O4S/c1-26(15-6-4-14(24)5-7-15)31(28,29)16-8-9-18(23)17(12-16)21(27)25-19-11-13(22)3-10-20(19)30-2/h3-12H,1-2H3,(H,25,27). The van der Waals surface area contributed by atoms with Gasteiger partial charge in [-0.1, -0.05) is 23.2 Å². The number of anilines is 2. The predicted molar refractivity (Wildman–Crippen MR) is 119 cm³/mol. The van der Waals surface area contributed by atoms with Gasteiger partial charge in [0.25, 0.3) is 15.9 Å². The Labute approximate surface area is 189 Å². The zero-order valence-corrected chi connectivity index (χ0v) is 18.7. The first-order chi connectivity index (χ1) is 14.6. The quantitative estimate of drug-likeness (QED) is 0.522. The van der Waals surface area contributed by atoms with Gasteiger partial charge in [-0.2, -0.15) is 0 Å². The van der Waals surface area contributed by atoms with Gasteiger partial charge in [0.15, 0.2) is 0 Å². The van der Waals surface area contributed by atoms with Gasteiger partial charge in [0, 0.05) is 12.1 Å². The summed E-state index contributed by atoms with van der Waals surface area (Å²) in [5.74, 6) is -0.766. The number of methoxy groups -OCH3 is 1. The fraction of sp³-hybridized carbons (Fsp3) is 0.0952. The third-order valence-corrected chi connectivity index (χ3v) is 6.79. The minimum absolute atomic E-state index is 0.0573. The van der Waals surface area contributed by atoms with Crippen LogP contribution in [0, 0.1) is 5.82 Å². The fourth-order valence-corrected chi connectivity index (χ4v) is 4.35. The van der Waals surface area contributed by atoms with E-state index in [2.05, 4.69) is 5.32 Å². The number of halogens is 3. The van der Waals surface area contributed by atoms with Crippen LogP contribution in [0.3, 0.4) is 0 Å². The number of nitrogens with zero attached hydrogens (tertiary/aromatic N) is 1. The van der Waals surface area contributed by atoms with Crippen molar-refractivity contribution in [2.45, 2.75) is 4.90 Å². The molecule has 162 valence electrons. The molecule has 0 unspecified atom stereocenters. The molecule has 0 radical (unpaired) electrons. The van der Waals surface area contributed by atoms with Gasteiger partial charge in [0.05, 0.1) is 34.0 Å². The average Bonchev–Trinajstić information content (AvgIpc) is 2.74. The Bertz CT molecular complexity index is 1230. The van der Waals surface area contributed by atoms with E-state index in [0.717, 1.165) is 16.4 Å². The normalized spacial score (nSPS) is 11.1. The van der Waals surface area contributed by atoms with Crippen LogP contribution in [-0.4, -0.2) is 28.5 Å². The summed E-state index contributed by atoms with van der Waals surface area (Å²) in [5, 5.41) is 3.05. The zero-order valence-electron chi connectivity index (χ0n) is 16.4. The maximum absolute atomic E-state index is 13.2. The van der Waals surface area contributed by atoms with Crippen LogP contribution < -0.4 is 14.4 Å². The number of amides is 1. The monoisotopic (exact) mass is 482 g/mol. The largest absolute Gasteiger partial charge is 0.495 e.